The number of aliphatic hydroxyl groups excluding tert-OH is 1. The van der Waals surface area contributed by atoms with Crippen LogP contribution in [-0.2, 0) is 6.61 Å². The van der Waals surface area contributed by atoms with Gasteiger partial charge in [-0.2, -0.15) is 0 Å². The van der Waals surface area contributed by atoms with Gasteiger partial charge in [-0.3, -0.25) is 5.84 Å². The lowest BCUT2D eigenvalue weighted by molar-refractivity contribution is 0.280. The molecule has 0 aliphatic heterocycles. The minimum absolute atomic E-state index is 0.0183. The van der Waals surface area contributed by atoms with Gasteiger partial charge in [0, 0.05) is 6.07 Å². The van der Waals surface area contributed by atoms with Gasteiger partial charge in [-0.05, 0) is 24.6 Å². The predicted molar refractivity (Wildman–Crippen MR) is 51.3 cm³/mol. The van der Waals surface area contributed by atoms with Crippen LogP contribution < -0.4 is 16.0 Å². The molecule has 4 N–H and O–H groups in total. The summed E-state index contributed by atoms with van der Waals surface area (Å²) >= 11 is 0. The average Bonchev–Trinajstić information content (AvgIpc) is 2.17. The van der Waals surface area contributed by atoms with Crippen molar-refractivity contribution >= 4 is 5.69 Å². The van der Waals surface area contributed by atoms with E-state index in [0.29, 0.717) is 12.4 Å². The van der Waals surface area contributed by atoms with Crippen molar-refractivity contribution in [2.24, 2.45) is 5.84 Å². The first kappa shape index (κ1) is 9.83. The molecule has 0 heterocycles. The largest absolute Gasteiger partial charge is 0.494 e. The summed E-state index contributed by atoms with van der Waals surface area (Å²) in [4.78, 5) is 0. The zero-order valence-corrected chi connectivity index (χ0v) is 7.58. The van der Waals surface area contributed by atoms with Crippen LogP contribution in [0.5, 0.6) is 5.75 Å². The minimum Gasteiger partial charge on any atom is -0.494 e. The van der Waals surface area contributed by atoms with Crippen molar-refractivity contribution in [3.8, 4) is 5.75 Å². The molecule has 0 bridgehead atoms. The number of benzene rings is 1. The van der Waals surface area contributed by atoms with Gasteiger partial charge in [0.05, 0.1) is 18.9 Å². The Morgan fingerprint density at radius 3 is 2.77 bits per heavy atom. The van der Waals surface area contributed by atoms with Crippen LogP contribution in [0.15, 0.2) is 18.2 Å². The second kappa shape index (κ2) is 4.69. The molecule has 1 rings (SSSR count). The van der Waals surface area contributed by atoms with Crippen LogP contribution in [0.3, 0.4) is 0 Å². The number of hydrogen-bond acceptors (Lipinski definition) is 4. The number of nitrogen functional groups attached to an aromatic ring is 1. The number of hydrazine groups is 1. The standard InChI is InChI=1S/C9H14N2O2/c1-2-13-9-4-7(6-12)3-8(5-9)11-10/h3-5,11-12H,2,6,10H2,1H3. The fourth-order valence-electron chi connectivity index (χ4n) is 1.09. The van der Waals surface area contributed by atoms with Crippen LogP contribution in [0, 0.1) is 0 Å². The highest BCUT2D eigenvalue weighted by Gasteiger charge is 1.99. The first-order valence-corrected chi connectivity index (χ1v) is 4.14. The third-order valence-corrected chi connectivity index (χ3v) is 1.63. The fraction of sp³-hybridized carbons (Fsp3) is 0.333. The SMILES string of the molecule is CCOc1cc(CO)cc(NN)c1. The Morgan fingerprint density at radius 1 is 1.46 bits per heavy atom. The molecule has 1 aromatic rings. The molecule has 0 aromatic heterocycles. The smallest absolute Gasteiger partial charge is 0.121 e. The van der Waals surface area contributed by atoms with Gasteiger partial charge in [-0.15, -0.1) is 0 Å². The van der Waals surface area contributed by atoms with Crippen LogP contribution in [-0.4, -0.2) is 11.7 Å². The van der Waals surface area contributed by atoms with Crippen LogP contribution in [0.25, 0.3) is 0 Å². The van der Waals surface area contributed by atoms with Gasteiger partial charge >= 0.3 is 0 Å². The summed E-state index contributed by atoms with van der Waals surface area (Å²) in [5.74, 6) is 5.96. The van der Waals surface area contributed by atoms with Gasteiger partial charge in [0.15, 0.2) is 0 Å². The molecule has 0 saturated heterocycles. The second-order valence-corrected chi connectivity index (χ2v) is 2.60. The van der Waals surface area contributed by atoms with E-state index < -0.39 is 0 Å². The Kier molecular flexibility index (Phi) is 3.54. The Labute approximate surface area is 77.3 Å². The Balaban J connectivity index is 2.93. The van der Waals surface area contributed by atoms with Crippen molar-refractivity contribution in [2.45, 2.75) is 13.5 Å². The number of rotatable bonds is 4. The highest BCUT2D eigenvalue weighted by molar-refractivity contribution is 5.50. The molecule has 0 radical (unpaired) electrons. The number of nitrogens with one attached hydrogen (secondary N) is 1. The maximum absolute atomic E-state index is 8.93. The topological polar surface area (TPSA) is 67.5 Å². The van der Waals surface area contributed by atoms with E-state index in [0.717, 1.165) is 11.3 Å². The quantitative estimate of drug-likeness (QED) is 0.477. The summed E-state index contributed by atoms with van der Waals surface area (Å²) in [7, 11) is 0. The van der Waals surface area contributed by atoms with Crippen LogP contribution in [0.4, 0.5) is 5.69 Å². The lowest BCUT2D eigenvalue weighted by Crippen LogP contribution is -2.07. The van der Waals surface area contributed by atoms with Gasteiger partial charge in [-0.25, -0.2) is 0 Å². The van der Waals surface area contributed by atoms with Crippen molar-refractivity contribution < 1.29 is 9.84 Å². The minimum atomic E-state index is -0.0183. The molecular formula is C9H14N2O2. The van der Waals surface area contributed by atoms with Gasteiger partial charge in [0.25, 0.3) is 0 Å². The summed E-state index contributed by atoms with van der Waals surface area (Å²) in [6.07, 6.45) is 0. The number of anilines is 1. The van der Waals surface area contributed by atoms with E-state index >= 15 is 0 Å². The third-order valence-electron chi connectivity index (χ3n) is 1.63. The molecule has 1 aromatic carbocycles. The van der Waals surface area contributed by atoms with E-state index in [1.165, 1.54) is 0 Å². The monoisotopic (exact) mass is 182 g/mol. The van der Waals surface area contributed by atoms with Gasteiger partial charge in [-0.1, -0.05) is 0 Å². The summed E-state index contributed by atoms with van der Waals surface area (Å²) in [6, 6.07) is 5.33. The Hall–Kier alpha value is -1.26. The highest BCUT2D eigenvalue weighted by atomic mass is 16.5. The summed E-state index contributed by atoms with van der Waals surface area (Å²) in [5, 5.41) is 8.93. The van der Waals surface area contributed by atoms with Crippen molar-refractivity contribution in [1.82, 2.24) is 0 Å². The average molecular weight is 182 g/mol. The third kappa shape index (κ3) is 2.61. The molecule has 0 aliphatic rings. The molecule has 0 spiro atoms. The zero-order valence-electron chi connectivity index (χ0n) is 7.58. The summed E-state index contributed by atoms with van der Waals surface area (Å²) in [6.45, 7) is 2.48. The lowest BCUT2D eigenvalue weighted by Gasteiger charge is -2.08. The molecule has 4 heteroatoms. The molecule has 72 valence electrons. The lowest BCUT2D eigenvalue weighted by atomic mass is 10.2. The van der Waals surface area contributed by atoms with E-state index in [9.17, 15) is 0 Å². The van der Waals surface area contributed by atoms with Crippen LogP contribution in [0.2, 0.25) is 0 Å². The van der Waals surface area contributed by atoms with Crippen molar-refractivity contribution in [3.05, 3.63) is 23.8 Å². The fourth-order valence-corrected chi connectivity index (χ4v) is 1.09. The molecule has 0 unspecified atom stereocenters. The zero-order chi connectivity index (χ0) is 9.68. The van der Waals surface area contributed by atoms with Gasteiger partial charge < -0.3 is 15.3 Å². The van der Waals surface area contributed by atoms with Gasteiger partial charge in [0.1, 0.15) is 5.75 Å². The number of aliphatic hydroxyl groups is 1. The molecular weight excluding hydrogens is 168 g/mol. The summed E-state index contributed by atoms with van der Waals surface area (Å²) < 4.78 is 5.28. The molecule has 4 nitrogen and oxygen atoms in total. The maximum Gasteiger partial charge on any atom is 0.121 e. The Bertz CT molecular complexity index is 254. The van der Waals surface area contributed by atoms with E-state index in [1.807, 2.05) is 6.92 Å². The van der Waals surface area contributed by atoms with Crippen molar-refractivity contribution in [1.29, 1.82) is 0 Å². The normalized spacial score (nSPS) is 9.77. The van der Waals surface area contributed by atoms with Gasteiger partial charge in [0.2, 0.25) is 0 Å². The summed E-state index contributed by atoms with van der Waals surface area (Å²) in [5.41, 5.74) is 4.02. The first-order valence-electron chi connectivity index (χ1n) is 4.14. The van der Waals surface area contributed by atoms with E-state index in [-0.39, 0.29) is 6.61 Å². The molecule has 0 amide bonds. The molecule has 0 saturated carbocycles. The molecule has 0 fully saturated rings. The van der Waals surface area contributed by atoms with Crippen molar-refractivity contribution in [3.63, 3.8) is 0 Å². The number of nitrogens with two attached hydrogens (primary N) is 1. The van der Waals surface area contributed by atoms with Crippen LogP contribution >= 0.6 is 0 Å². The number of hydrogen-bond donors (Lipinski definition) is 3. The van der Waals surface area contributed by atoms with E-state index in [4.69, 9.17) is 15.7 Å². The molecule has 0 aliphatic carbocycles. The maximum atomic E-state index is 8.93. The van der Waals surface area contributed by atoms with E-state index in [1.54, 1.807) is 18.2 Å². The number of ether oxygens (including phenoxy) is 1. The van der Waals surface area contributed by atoms with E-state index in [2.05, 4.69) is 5.43 Å². The highest BCUT2D eigenvalue weighted by Crippen LogP contribution is 2.20. The second-order valence-electron chi connectivity index (χ2n) is 2.60. The molecule has 13 heavy (non-hydrogen) atoms. The molecule has 0 atom stereocenters. The van der Waals surface area contributed by atoms with Crippen molar-refractivity contribution in [2.75, 3.05) is 12.0 Å². The first-order chi connectivity index (χ1) is 6.30. The van der Waals surface area contributed by atoms with Crippen LogP contribution in [0.1, 0.15) is 12.5 Å². The predicted octanol–water partition coefficient (Wildman–Crippen LogP) is 0.863. The Morgan fingerprint density at radius 2 is 2.23 bits per heavy atom.